The zero-order valence-electron chi connectivity index (χ0n) is 9.29. The number of hydroxylamine groups is 1. The molecule has 0 aliphatic carbocycles. The van der Waals surface area contributed by atoms with Crippen molar-refractivity contribution in [1.82, 2.24) is 10.8 Å². The second-order valence-electron chi connectivity index (χ2n) is 4.07. The first-order valence-corrected chi connectivity index (χ1v) is 4.75. The molecule has 2 amide bonds. The molecule has 0 atom stereocenters. The molecule has 0 bridgehead atoms. The van der Waals surface area contributed by atoms with E-state index in [9.17, 15) is 9.59 Å². The standard InChI is InChI=1S/C9H18N2O4/c1-9(2,3)15-8(13)10-6-4-5-7(12)11-14/h14H,4-6H2,1-3H3,(H,10,13)(H,11,12). The maximum atomic E-state index is 11.1. The third-order valence-electron chi connectivity index (χ3n) is 1.37. The van der Waals surface area contributed by atoms with Crippen LogP contribution < -0.4 is 10.8 Å². The normalized spacial score (nSPS) is 10.7. The fraction of sp³-hybridized carbons (Fsp3) is 0.778. The van der Waals surface area contributed by atoms with Crippen molar-refractivity contribution in [3.05, 3.63) is 0 Å². The number of hydrogen-bond donors (Lipinski definition) is 3. The van der Waals surface area contributed by atoms with Crippen LogP contribution in [0.2, 0.25) is 0 Å². The van der Waals surface area contributed by atoms with Crippen LogP contribution >= 0.6 is 0 Å². The van der Waals surface area contributed by atoms with Crippen LogP contribution in [0.3, 0.4) is 0 Å². The van der Waals surface area contributed by atoms with Gasteiger partial charge < -0.3 is 10.1 Å². The summed E-state index contributed by atoms with van der Waals surface area (Å²) in [5.74, 6) is -0.471. The number of nitrogens with one attached hydrogen (secondary N) is 2. The van der Waals surface area contributed by atoms with E-state index in [1.165, 1.54) is 5.48 Å². The summed E-state index contributed by atoms with van der Waals surface area (Å²) in [6, 6.07) is 0. The van der Waals surface area contributed by atoms with Gasteiger partial charge >= 0.3 is 6.09 Å². The fourth-order valence-electron chi connectivity index (χ4n) is 0.809. The molecule has 15 heavy (non-hydrogen) atoms. The molecule has 0 aromatic rings. The number of carbonyl (C=O) groups excluding carboxylic acids is 2. The lowest BCUT2D eigenvalue weighted by atomic mass is 10.2. The van der Waals surface area contributed by atoms with E-state index in [4.69, 9.17) is 9.94 Å². The van der Waals surface area contributed by atoms with E-state index < -0.39 is 17.6 Å². The van der Waals surface area contributed by atoms with Gasteiger partial charge in [0.25, 0.3) is 0 Å². The molecule has 0 fully saturated rings. The van der Waals surface area contributed by atoms with Crippen molar-refractivity contribution in [3.63, 3.8) is 0 Å². The predicted molar refractivity (Wildman–Crippen MR) is 53.4 cm³/mol. The minimum Gasteiger partial charge on any atom is -0.444 e. The number of amides is 2. The lowest BCUT2D eigenvalue weighted by Gasteiger charge is -2.19. The summed E-state index contributed by atoms with van der Waals surface area (Å²) in [7, 11) is 0. The Morgan fingerprint density at radius 2 is 1.93 bits per heavy atom. The molecule has 88 valence electrons. The van der Waals surface area contributed by atoms with Gasteiger partial charge in [-0.25, -0.2) is 10.3 Å². The van der Waals surface area contributed by atoms with Crippen molar-refractivity contribution in [3.8, 4) is 0 Å². The van der Waals surface area contributed by atoms with Crippen molar-refractivity contribution >= 4 is 12.0 Å². The molecule has 0 radical (unpaired) electrons. The number of ether oxygens (including phenoxy) is 1. The van der Waals surface area contributed by atoms with Gasteiger partial charge in [-0.15, -0.1) is 0 Å². The van der Waals surface area contributed by atoms with Crippen LogP contribution in [0.25, 0.3) is 0 Å². The molecular weight excluding hydrogens is 200 g/mol. The van der Waals surface area contributed by atoms with Crippen molar-refractivity contribution < 1.29 is 19.5 Å². The molecular formula is C9H18N2O4. The third-order valence-corrected chi connectivity index (χ3v) is 1.37. The Labute approximate surface area is 88.9 Å². The quantitative estimate of drug-likeness (QED) is 0.370. The molecule has 0 heterocycles. The van der Waals surface area contributed by atoms with Crippen molar-refractivity contribution in [1.29, 1.82) is 0 Å². The molecule has 0 aliphatic heterocycles. The monoisotopic (exact) mass is 218 g/mol. The highest BCUT2D eigenvalue weighted by molar-refractivity contribution is 5.74. The average molecular weight is 218 g/mol. The lowest BCUT2D eigenvalue weighted by Crippen LogP contribution is -2.33. The predicted octanol–water partition coefficient (Wildman–Crippen LogP) is 0.797. The van der Waals surface area contributed by atoms with Gasteiger partial charge in [-0.05, 0) is 27.2 Å². The van der Waals surface area contributed by atoms with E-state index in [2.05, 4.69) is 5.32 Å². The third kappa shape index (κ3) is 9.01. The van der Waals surface area contributed by atoms with Gasteiger partial charge in [0.05, 0.1) is 0 Å². The van der Waals surface area contributed by atoms with Gasteiger partial charge in [-0.1, -0.05) is 0 Å². The molecule has 0 aromatic heterocycles. The fourth-order valence-corrected chi connectivity index (χ4v) is 0.809. The van der Waals surface area contributed by atoms with Gasteiger partial charge in [-0.2, -0.15) is 0 Å². The number of carbonyl (C=O) groups is 2. The zero-order valence-corrected chi connectivity index (χ0v) is 9.29. The maximum absolute atomic E-state index is 11.1. The van der Waals surface area contributed by atoms with Crippen LogP contribution in [0, 0.1) is 0 Å². The Morgan fingerprint density at radius 1 is 1.33 bits per heavy atom. The van der Waals surface area contributed by atoms with Crippen LogP contribution in [-0.2, 0) is 9.53 Å². The van der Waals surface area contributed by atoms with E-state index >= 15 is 0 Å². The second-order valence-corrected chi connectivity index (χ2v) is 4.07. The molecule has 3 N–H and O–H groups in total. The van der Waals surface area contributed by atoms with E-state index in [1.54, 1.807) is 20.8 Å². The molecule has 0 aromatic carbocycles. The van der Waals surface area contributed by atoms with Crippen molar-refractivity contribution in [2.45, 2.75) is 39.2 Å². The smallest absolute Gasteiger partial charge is 0.407 e. The van der Waals surface area contributed by atoms with E-state index in [1.807, 2.05) is 0 Å². The minimum atomic E-state index is -0.521. The highest BCUT2D eigenvalue weighted by Gasteiger charge is 2.15. The van der Waals surface area contributed by atoms with Crippen LogP contribution in [0.15, 0.2) is 0 Å². The maximum Gasteiger partial charge on any atom is 0.407 e. The molecule has 0 spiro atoms. The van der Waals surface area contributed by atoms with E-state index in [0.29, 0.717) is 13.0 Å². The molecule has 0 saturated heterocycles. The molecule has 6 heteroatoms. The molecule has 0 unspecified atom stereocenters. The Morgan fingerprint density at radius 3 is 2.40 bits per heavy atom. The van der Waals surface area contributed by atoms with Crippen LogP contribution in [0.4, 0.5) is 4.79 Å². The summed E-state index contributed by atoms with van der Waals surface area (Å²) in [5.41, 5.74) is 0.987. The summed E-state index contributed by atoms with van der Waals surface area (Å²) >= 11 is 0. The van der Waals surface area contributed by atoms with Gasteiger partial charge in [0.1, 0.15) is 5.60 Å². The topological polar surface area (TPSA) is 87.7 Å². The van der Waals surface area contributed by atoms with Gasteiger partial charge in [0.2, 0.25) is 5.91 Å². The van der Waals surface area contributed by atoms with E-state index in [-0.39, 0.29) is 6.42 Å². The molecule has 0 saturated carbocycles. The summed E-state index contributed by atoms with van der Waals surface area (Å²) in [5, 5.41) is 10.7. The van der Waals surface area contributed by atoms with Crippen molar-refractivity contribution in [2.75, 3.05) is 6.54 Å². The lowest BCUT2D eigenvalue weighted by molar-refractivity contribution is -0.129. The largest absolute Gasteiger partial charge is 0.444 e. The molecule has 0 aliphatic rings. The highest BCUT2D eigenvalue weighted by Crippen LogP contribution is 2.06. The first kappa shape index (κ1) is 13.7. The minimum absolute atomic E-state index is 0.159. The summed E-state index contributed by atoms with van der Waals surface area (Å²) in [6.45, 7) is 5.64. The molecule has 6 nitrogen and oxygen atoms in total. The van der Waals surface area contributed by atoms with Crippen LogP contribution in [-0.4, -0.2) is 29.4 Å². The number of alkyl carbamates (subject to hydrolysis) is 1. The summed E-state index contributed by atoms with van der Waals surface area (Å²) in [6.07, 6.45) is 0.102. The first-order chi connectivity index (χ1) is 6.85. The SMILES string of the molecule is CC(C)(C)OC(=O)NCCCC(=O)NO. The average Bonchev–Trinajstić information content (AvgIpc) is 2.09. The number of hydrogen-bond acceptors (Lipinski definition) is 4. The van der Waals surface area contributed by atoms with Gasteiger partial charge in [0.15, 0.2) is 0 Å². The Balaban J connectivity index is 3.52. The zero-order chi connectivity index (χ0) is 11.9. The number of rotatable bonds is 4. The summed E-state index contributed by atoms with van der Waals surface area (Å²) < 4.78 is 4.97. The van der Waals surface area contributed by atoms with Crippen molar-refractivity contribution in [2.24, 2.45) is 0 Å². The summed E-state index contributed by atoms with van der Waals surface area (Å²) in [4.78, 5) is 21.7. The first-order valence-electron chi connectivity index (χ1n) is 4.75. The van der Waals surface area contributed by atoms with Crippen LogP contribution in [0.1, 0.15) is 33.6 Å². The van der Waals surface area contributed by atoms with Gasteiger partial charge in [0, 0.05) is 13.0 Å². The van der Waals surface area contributed by atoms with Crippen LogP contribution in [0.5, 0.6) is 0 Å². The van der Waals surface area contributed by atoms with Gasteiger partial charge in [-0.3, -0.25) is 10.0 Å². The molecule has 0 rings (SSSR count). The van der Waals surface area contributed by atoms with E-state index in [0.717, 1.165) is 0 Å². The Bertz CT molecular complexity index is 223. The Kier molecular flexibility index (Phi) is 5.69. The second kappa shape index (κ2) is 6.23. The highest BCUT2D eigenvalue weighted by atomic mass is 16.6. The Hall–Kier alpha value is -1.30.